The van der Waals surface area contributed by atoms with Crippen LogP contribution in [0.3, 0.4) is 0 Å². The van der Waals surface area contributed by atoms with Crippen LogP contribution in [0, 0.1) is 0 Å². The van der Waals surface area contributed by atoms with Crippen molar-refractivity contribution in [1.29, 1.82) is 0 Å². The van der Waals surface area contributed by atoms with Crippen LogP contribution in [-0.4, -0.2) is 62.0 Å². The first kappa shape index (κ1) is 14.5. The molecule has 0 atom stereocenters. The Morgan fingerprint density at radius 1 is 1.29 bits per heavy atom. The Hall–Kier alpha value is -0.610. The summed E-state index contributed by atoms with van der Waals surface area (Å²) in [7, 11) is 4.23. The first-order valence-electron chi connectivity index (χ1n) is 6.73. The van der Waals surface area contributed by atoms with Gasteiger partial charge in [0.2, 0.25) is 5.91 Å². The lowest BCUT2D eigenvalue weighted by molar-refractivity contribution is -0.129. The predicted octanol–water partition coefficient (Wildman–Crippen LogP) is 0.929. The van der Waals surface area contributed by atoms with Crippen molar-refractivity contribution in [1.82, 2.24) is 15.1 Å². The van der Waals surface area contributed by atoms with E-state index in [1.54, 1.807) is 6.92 Å². The van der Waals surface area contributed by atoms with E-state index in [1.807, 2.05) is 4.90 Å². The molecule has 0 aromatic heterocycles. The van der Waals surface area contributed by atoms with E-state index in [9.17, 15) is 4.79 Å². The highest BCUT2D eigenvalue weighted by atomic mass is 16.2. The molecule has 0 aromatic rings. The maximum atomic E-state index is 11.2. The third-order valence-corrected chi connectivity index (χ3v) is 3.41. The zero-order valence-electron chi connectivity index (χ0n) is 11.5. The Balaban J connectivity index is 2.01. The van der Waals surface area contributed by atoms with Crippen molar-refractivity contribution in [3.8, 4) is 0 Å². The summed E-state index contributed by atoms with van der Waals surface area (Å²) in [6.45, 7) is 5.79. The van der Waals surface area contributed by atoms with Gasteiger partial charge in [-0.05, 0) is 52.9 Å². The number of carbonyl (C=O) groups excluding carboxylic acids is 1. The maximum Gasteiger partial charge on any atom is 0.219 e. The molecule has 0 aromatic carbocycles. The molecule has 17 heavy (non-hydrogen) atoms. The van der Waals surface area contributed by atoms with Crippen molar-refractivity contribution in [2.75, 3.05) is 40.3 Å². The zero-order valence-corrected chi connectivity index (χ0v) is 11.5. The molecule has 1 fully saturated rings. The second-order valence-electron chi connectivity index (χ2n) is 5.24. The number of unbranched alkanes of at least 4 members (excludes halogenated alkanes) is 1. The second-order valence-corrected chi connectivity index (χ2v) is 5.24. The van der Waals surface area contributed by atoms with E-state index in [4.69, 9.17) is 0 Å². The number of hydrogen-bond donors (Lipinski definition) is 1. The second kappa shape index (κ2) is 7.67. The molecule has 4 heteroatoms. The fourth-order valence-electron chi connectivity index (χ4n) is 2.26. The van der Waals surface area contributed by atoms with Crippen LogP contribution in [0.4, 0.5) is 0 Å². The first-order chi connectivity index (χ1) is 8.09. The van der Waals surface area contributed by atoms with Gasteiger partial charge in [-0.3, -0.25) is 4.79 Å². The molecule has 1 saturated heterocycles. The molecule has 1 aliphatic rings. The van der Waals surface area contributed by atoms with Gasteiger partial charge in [0, 0.05) is 26.1 Å². The predicted molar refractivity (Wildman–Crippen MR) is 71.1 cm³/mol. The topological polar surface area (TPSA) is 35.6 Å². The minimum atomic E-state index is 0.217. The van der Waals surface area contributed by atoms with Crippen LogP contribution in [0.5, 0.6) is 0 Å². The van der Waals surface area contributed by atoms with Gasteiger partial charge in [0.15, 0.2) is 0 Å². The molecule has 4 nitrogen and oxygen atoms in total. The molecule has 0 unspecified atom stereocenters. The van der Waals surface area contributed by atoms with Gasteiger partial charge in [-0.2, -0.15) is 0 Å². The lowest BCUT2D eigenvalue weighted by Gasteiger charge is -2.31. The van der Waals surface area contributed by atoms with Crippen LogP contribution in [0.25, 0.3) is 0 Å². The molecule has 1 aliphatic heterocycles. The summed E-state index contributed by atoms with van der Waals surface area (Å²) in [4.78, 5) is 15.3. The van der Waals surface area contributed by atoms with Crippen LogP contribution >= 0.6 is 0 Å². The fraction of sp³-hybridized carbons (Fsp3) is 0.923. The average molecular weight is 241 g/mol. The molecule has 100 valence electrons. The molecule has 0 radical (unpaired) electrons. The molecule has 0 bridgehead atoms. The molecule has 1 heterocycles. The fourth-order valence-corrected chi connectivity index (χ4v) is 2.26. The van der Waals surface area contributed by atoms with E-state index in [-0.39, 0.29) is 5.91 Å². The smallest absolute Gasteiger partial charge is 0.219 e. The van der Waals surface area contributed by atoms with Crippen molar-refractivity contribution in [3.63, 3.8) is 0 Å². The minimum Gasteiger partial charge on any atom is -0.343 e. The van der Waals surface area contributed by atoms with Crippen LogP contribution in [0.1, 0.15) is 32.6 Å². The van der Waals surface area contributed by atoms with Gasteiger partial charge in [0.1, 0.15) is 0 Å². The Labute approximate surface area is 105 Å². The summed E-state index contributed by atoms with van der Waals surface area (Å²) in [5.41, 5.74) is 0. The highest BCUT2D eigenvalue weighted by molar-refractivity contribution is 5.73. The number of rotatable bonds is 6. The highest BCUT2D eigenvalue weighted by Crippen LogP contribution is 2.10. The summed E-state index contributed by atoms with van der Waals surface area (Å²) in [5.74, 6) is 0.217. The molecular weight excluding hydrogens is 214 g/mol. The van der Waals surface area contributed by atoms with Crippen molar-refractivity contribution in [2.45, 2.75) is 38.6 Å². The Bertz CT molecular complexity index is 223. The number of piperidine rings is 1. The Morgan fingerprint density at radius 3 is 2.47 bits per heavy atom. The third kappa shape index (κ3) is 6.03. The first-order valence-corrected chi connectivity index (χ1v) is 6.73. The molecule has 0 spiro atoms. The van der Waals surface area contributed by atoms with Gasteiger partial charge in [-0.25, -0.2) is 0 Å². The van der Waals surface area contributed by atoms with Gasteiger partial charge in [-0.15, -0.1) is 0 Å². The summed E-state index contributed by atoms with van der Waals surface area (Å²) < 4.78 is 0. The van der Waals surface area contributed by atoms with Gasteiger partial charge in [-0.1, -0.05) is 0 Å². The number of likely N-dealkylation sites (tertiary alicyclic amines) is 1. The van der Waals surface area contributed by atoms with Crippen molar-refractivity contribution < 1.29 is 4.79 Å². The number of amides is 1. The van der Waals surface area contributed by atoms with E-state index in [2.05, 4.69) is 24.3 Å². The van der Waals surface area contributed by atoms with E-state index >= 15 is 0 Å². The van der Waals surface area contributed by atoms with Crippen LogP contribution in [-0.2, 0) is 4.79 Å². The summed E-state index contributed by atoms with van der Waals surface area (Å²) >= 11 is 0. The highest BCUT2D eigenvalue weighted by Gasteiger charge is 2.19. The van der Waals surface area contributed by atoms with Gasteiger partial charge in [0.25, 0.3) is 0 Å². The van der Waals surface area contributed by atoms with Crippen molar-refractivity contribution >= 4 is 5.91 Å². The Kier molecular flexibility index (Phi) is 6.52. The van der Waals surface area contributed by atoms with Gasteiger partial charge in [0.05, 0.1) is 0 Å². The average Bonchev–Trinajstić information content (AvgIpc) is 2.29. The maximum absolute atomic E-state index is 11.2. The van der Waals surface area contributed by atoms with Crippen LogP contribution in [0.2, 0.25) is 0 Å². The molecule has 1 N–H and O–H groups in total. The van der Waals surface area contributed by atoms with E-state index in [1.165, 1.54) is 19.4 Å². The van der Waals surface area contributed by atoms with Crippen LogP contribution < -0.4 is 5.32 Å². The van der Waals surface area contributed by atoms with Crippen molar-refractivity contribution in [3.05, 3.63) is 0 Å². The third-order valence-electron chi connectivity index (χ3n) is 3.41. The summed E-state index contributed by atoms with van der Waals surface area (Å²) in [6.07, 6.45) is 4.71. The van der Waals surface area contributed by atoms with E-state index in [0.717, 1.165) is 32.5 Å². The number of hydrogen-bond acceptors (Lipinski definition) is 3. The van der Waals surface area contributed by atoms with Crippen molar-refractivity contribution in [2.24, 2.45) is 0 Å². The molecule has 0 aliphatic carbocycles. The van der Waals surface area contributed by atoms with E-state index in [0.29, 0.717) is 6.04 Å². The number of nitrogens with zero attached hydrogens (tertiary/aromatic N) is 2. The van der Waals surface area contributed by atoms with Crippen LogP contribution in [0.15, 0.2) is 0 Å². The monoisotopic (exact) mass is 241 g/mol. The molecule has 0 saturated carbocycles. The number of nitrogens with one attached hydrogen (secondary N) is 1. The molecule has 1 amide bonds. The minimum absolute atomic E-state index is 0.217. The lowest BCUT2D eigenvalue weighted by atomic mass is 10.0. The summed E-state index contributed by atoms with van der Waals surface area (Å²) in [6, 6.07) is 0.616. The quantitative estimate of drug-likeness (QED) is 0.703. The molecule has 1 rings (SSSR count). The number of carbonyl (C=O) groups is 1. The normalized spacial score (nSPS) is 17.8. The summed E-state index contributed by atoms with van der Waals surface area (Å²) in [5, 5.41) is 3.60. The standard InChI is InChI=1S/C13H27N3O/c1-12(17)16-10-6-13(7-11-16)14-8-4-5-9-15(2)3/h13-14H,4-11H2,1-3H3. The van der Waals surface area contributed by atoms with Gasteiger partial charge < -0.3 is 15.1 Å². The zero-order chi connectivity index (χ0) is 12.7. The largest absolute Gasteiger partial charge is 0.343 e. The van der Waals surface area contributed by atoms with Gasteiger partial charge >= 0.3 is 0 Å². The molecular formula is C13H27N3O. The van der Waals surface area contributed by atoms with E-state index < -0.39 is 0 Å². The SMILES string of the molecule is CC(=O)N1CCC(NCCCCN(C)C)CC1. The lowest BCUT2D eigenvalue weighted by Crippen LogP contribution is -2.44. The Morgan fingerprint density at radius 2 is 1.94 bits per heavy atom.